The van der Waals surface area contributed by atoms with Gasteiger partial charge in [0, 0.05) is 11.2 Å². The Morgan fingerprint density at radius 1 is 1.25 bits per heavy atom. The third kappa shape index (κ3) is 3.54. The Hall–Kier alpha value is -1.94. The van der Waals surface area contributed by atoms with Crippen LogP contribution in [-0.2, 0) is 16.6 Å². The molecule has 0 spiro atoms. The van der Waals surface area contributed by atoms with Crippen LogP contribution in [0.5, 0.6) is 0 Å². The van der Waals surface area contributed by atoms with E-state index >= 15 is 0 Å². The molecule has 0 bridgehead atoms. The van der Waals surface area contributed by atoms with Crippen LogP contribution in [0.2, 0.25) is 5.02 Å². The maximum absolute atomic E-state index is 12.0. The van der Waals surface area contributed by atoms with Crippen LogP contribution in [0.15, 0.2) is 47.5 Å². The van der Waals surface area contributed by atoms with Crippen LogP contribution in [0.1, 0.15) is 11.3 Å². The van der Waals surface area contributed by atoms with E-state index in [1.165, 1.54) is 30.5 Å². The van der Waals surface area contributed by atoms with E-state index in [-0.39, 0.29) is 11.4 Å². The molecule has 0 saturated carbocycles. The van der Waals surface area contributed by atoms with Crippen LogP contribution >= 0.6 is 11.6 Å². The molecule has 1 heterocycles. The number of pyridine rings is 1. The highest BCUT2D eigenvalue weighted by atomic mass is 35.5. The van der Waals surface area contributed by atoms with E-state index in [0.717, 1.165) is 0 Å². The molecule has 1 N–H and O–H groups in total. The highest BCUT2D eigenvalue weighted by molar-refractivity contribution is 7.89. The lowest BCUT2D eigenvalue weighted by Gasteiger charge is -2.06. The second-order valence-electron chi connectivity index (χ2n) is 3.93. The largest absolute Gasteiger partial charge is 0.260 e. The molecule has 0 fully saturated rings. The number of hydrogen-bond acceptors (Lipinski definition) is 4. The van der Waals surface area contributed by atoms with Crippen LogP contribution in [0.4, 0.5) is 0 Å². The summed E-state index contributed by atoms with van der Waals surface area (Å²) in [7, 11) is -3.64. The lowest BCUT2D eigenvalue weighted by atomic mass is 10.2. The van der Waals surface area contributed by atoms with Gasteiger partial charge >= 0.3 is 0 Å². The maximum Gasteiger partial charge on any atom is 0.240 e. The monoisotopic (exact) mass is 307 g/mol. The molecule has 5 nitrogen and oxygen atoms in total. The molecule has 0 radical (unpaired) electrons. The Morgan fingerprint density at radius 2 is 1.95 bits per heavy atom. The zero-order chi connectivity index (χ0) is 14.6. The molecule has 1 aromatic carbocycles. The first-order chi connectivity index (χ1) is 9.51. The summed E-state index contributed by atoms with van der Waals surface area (Å²) in [6.07, 6.45) is 1.51. The molecule has 2 aromatic rings. The minimum Gasteiger partial charge on any atom is -0.260 e. The van der Waals surface area contributed by atoms with Gasteiger partial charge in [-0.15, -0.1) is 0 Å². The molecular weight excluding hydrogens is 298 g/mol. The highest BCUT2D eigenvalue weighted by Gasteiger charge is 2.13. The zero-order valence-corrected chi connectivity index (χ0v) is 11.8. The van der Waals surface area contributed by atoms with Gasteiger partial charge in [0.1, 0.15) is 0 Å². The van der Waals surface area contributed by atoms with Gasteiger partial charge in [0.25, 0.3) is 0 Å². The number of sulfonamides is 1. The van der Waals surface area contributed by atoms with Crippen molar-refractivity contribution in [2.45, 2.75) is 11.4 Å². The Bertz CT molecular complexity index is 752. The minimum atomic E-state index is -3.64. The molecule has 0 aliphatic heterocycles. The van der Waals surface area contributed by atoms with Gasteiger partial charge in [0.05, 0.1) is 28.8 Å². The lowest BCUT2D eigenvalue weighted by molar-refractivity contribution is 0.580. The van der Waals surface area contributed by atoms with Gasteiger partial charge in [-0.05, 0) is 36.4 Å². The number of hydrogen-bond donors (Lipinski definition) is 1. The molecule has 0 aliphatic rings. The topological polar surface area (TPSA) is 82.8 Å². The van der Waals surface area contributed by atoms with Gasteiger partial charge < -0.3 is 0 Å². The fourth-order valence-electron chi connectivity index (χ4n) is 1.51. The van der Waals surface area contributed by atoms with Gasteiger partial charge in [0.2, 0.25) is 10.0 Å². The van der Waals surface area contributed by atoms with Crippen molar-refractivity contribution in [3.05, 3.63) is 58.9 Å². The number of aromatic nitrogens is 1. The fraction of sp³-hybridized carbons (Fsp3) is 0.0769. The molecule has 7 heteroatoms. The molecule has 0 amide bonds. The van der Waals surface area contributed by atoms with Crippen LogP contribution in [0.25, 0.3) is 0 Å². The normalized spacial score (nSPS) is 11.0. The molecule has 0 saturated heterocycles. The molecule has 102 valence electrons. The summed E-state index contributed by atoms with van der Waals surface area (Å²) in [6.45, 7) is 0.0445. The number of rotatable bonds is 4. The molecule has 1 aromatic heterocycles. The maximum atomic E-state index is 12.0. The molecule has 2 rings (SSSR count). The first kappa shape index (κ1) is 14.5. The van der Waals surface area contributed by atoms with Crippen molar-refractivity contribution in [1.82, 2.24) is 9.71 Å². The summed E-state index contributed by atoms with van der Waals surface area (Å²) in [5.74, 6) is 0. The number of nitrogens with zero attached hydrogens (tertiary/aromatic N) is 2. The van der Waals surface area contributed by atoms with E-state index in [1.54, 1.807) is 12.1 Å². The van der Waals surface area contributed by atoms with E-state index in [0.29, 0.717) is 16.3 Å². The zero-order valence-electron chi connectivity index (χ0n) is 10.2. The number of nitriles is 1. The molecular formula is C13H10ClN3O2S. The van der Waals surface area contributed by atoms with Crippen molar-refractivity contribution < 1.29 is 8.42 Å². The van der Waals surface area contributed by atoms with E-state index in [2.05, 4.69) is 9.71 Å². The Morgan fingerprint density at radius 3 is 2.55 bits per heavy atom. The first-order valence-corrected chi connectivity index (χ1v) is 7.47. The van der Waals surface area contributed by atoms with E-state index < -0.39 is 10.0 Å². The number of nitrogens with one attached hydrogen (secondary N) is 1. The van der Waals surface area contributed by atoms with Crippen LogP contribution in [0, 0.1) is 11.3 Å². The molecule has 0 atom stereocenters. The van der Waals surface area contributed by atoms with Crippen molar-refractivity contribution in [1.29, 1.82) is 5.26 Å². The summed E-state index contributed by atoms with van der Waals surface area (Å²) >= 11 is 5.80. The van der Waals surface area contributed by atoms with Crippen LogP contribution in [0.3, 0.4) is 0 Å². The first-order valence-electron chi connectivity index (χ1n) is 5.61. The summed E-state index contributed by atoms with van der Waals surface area (Å²) in [6, 6.07) is 10.8. The lowest BCUT2D eigenvalue weighted by Crippen LogP contribution is -2.23. The standard InChI is InChI=1S/C13H10ClN3O2S/c14-11-5-6-16-12(7-11)9-17-20(18,19)13-3-1-10(8-15)2-4-13/h1-7,17H,9H2. The van der Waals surface area contributed by atoms with Crippen molar-refractivity contribution in [2.24, 2.45) is 0 Å². The predicted molar refractivity (Wildman–Crippen MR) is 74.4 cm³/mol. The van der Waals surface area contributed by atoms with Crippen molar-refractivity contribution in [3.63, 3.8) is 0 Å². The smallest absolute Gasteiger partial charge is 0.240 e. The van der Waals surface area contributed by atoms with E-state index in [1.807, 2.05) is 6.07 Å². The molecule has 0 unspecified atom stereocenters. The number of halogens is 1. The van der Waals surface area contributed by atoms with Crippen molar-refractivity contribution >= 4 is 21.6 Å². The quantitative estimate of drug-likeness (QED) is 0.937. The molecule has 20 heavy (non-hydrogen) atoms. The second kappa shape index (κ2) is 6.01. The van der Waals surface area contributed by atoms with Gasteiger partial charge in [-0.2, -0.15) is 5.26 Å². The van der Waals surface area contributed by atoms with Crippen molar-refractivity contribution in [3.8, 4) is 6.07 Å². The average molecular weight is 308 g/mol. The third-order valence-electron chi connectivity index (χ3n) is 2.52. The number of benzene rings is 1. The van der Waals surface area contributed by atoms with E-state index in [9.17, 15) is 8.42 Å². The Kier molecular flexibility index (Phi) is 4.35. The SMILES string of the molecule is N#Cc1ccc(S(=O)(=O)NCc2cc(Cl)ccn2)cc1. The Labute approximate surface area is 121 Å². The summed E-state index contributed by atoms with van der Waals surface area (Å²) in [5.41, 5.74) is 0.926. The summed E-state index contributed by atoms with van der Waals surface area (Å²) in [5, 5.41) is 9.17. The molecule has 0 aliphatic carbocycles. The fourth-order valence-corrected chi connectivity index (χ4v) is 2.69. The van der Waals surface area contributed by atoms with E-state index in [4.69, 9.17) is 16.9 Å². The third-order valence-corrected chi connectivity index (χ3v) is 4.17. The summed E-state index contributed by atoms with van der Waals surface area (Å²) < 4.78 is 26.5. The second-order valence-corrected chi connectivity index (χ2v) is 6.13. The highest BCUT2D eigenvalue weighted by Crippen LogP contribution is 2.12. The van der Waals surface area contributed by atoms with Gasteiger partial charge in [0.15, 0.2) is 0 Å². The van der Waals surface area contributed by atoms with Gasteiger partial charge in [-0.25, -0.2) is 13.1 Å². The predicted octanol–water partition coefficient (Wildman–Crippen LogP) is 2.09. The van der Waals surface area contributed by atoms with Crippen molar-refractivity contribution in [2.75, 3.05) is 0 Å². The summed E-state index contributed by atoms with van der Waals surface area (Å²) in [4.78, 5) is 4.11. The minimum absolute atomic E-state index is 0.0445. The Balaban J connectivity index is 2.13. The van der Waals surface area contributed by atoms with Gasteiger partial charge in [-0.1, -0.05) is 11.6 Å². The van der Waals surface area contributed by atoms with Gasteiger partial charge in [-0.3, -0.25) is 4.98 Å². The van der Waals surface area contributed by atoms with Crippen LogP contribution < -0.4 is 4.72 Å². The van der Waals surface area contributed by atoms with Crippen LogP contribution in [-0.4, -0.2) is 13.4 Å². The average Bonchev–Trinajstić information content (AvgIpc) is 2.45.